The van der Waals surface area contributed by atoms with E-state index >= 15 is 0 Å². The first-order chi connectivity index (χ1) is 9.29. The number of nitrogens with two attached hydrogens (primary N) is 1. The molecule has 0 aliphatic heterocycles. The summed E-state index contributed by atoms with van der Waals surface area (Å²) < 4.78 is 5.18. The fourth-order valence-electron chi connectivity index (χ4n) is 2.69. The molecule has 0 aromatic carbocycles. The van der Waals surface area contributed by atoms with Gasteiger partial charge in [-0.1, -0.05) is 32.1 Å². The Morgan fingerprint density at radius 3 is 2.58 bits per heavy atom. The lowest BCUT2D eigenvalue weighted by Crippen LogP contribution is -2.29. The van der Waals surface area contributed by atoms with Gasteiger partial charge in [0.15, 0.2) is 0 Å². The minimum Gasteiger partial charge on any atom is -0.467 e. The van der Waals surface area contributed by atoms with E-state index in [4.69, 9.17) is 10.2 Å². The van der Waals surface area contributed by atoms with E-state index < -0.39 is 0 Å². The standard InChI is InChI=1S/C15H24N2O2/c16-9-14-8-13(11-19-14)15(18)17-10-12-6-4-2-1-3-5-7-12/h8,11-12H,1-7,9-10,16H2,(H,17,18). The number of carbonyl (C=O) groups excluding carboxylic acids is 1. The van der Waals surface area contributed by atoms with E-state index in [-0.39, 0.29) is 5.91 Å². The fraction of sp³-hybridized carbons (Fsp3) is 0.667. The molecule has 2 rings (SSSR count). The lowest BCUT2D eigenvalue weighted by molar-refractivity contribution is 0.0944. The topological polar surface area (TPSA) is 68.3 Å². The molecule has 1 heterocycles. The molecule has 4 heteroatoms. The van der Waals surface area contributed by atoms with Crippen molar-refractivity contribution in [2.24, 2.45) is 11.7 Å². The maximum Gasteiger partial charge on any atom is 0.254 e. The average Bonchev–Trinajstić information content (AvgIpc) is 2.86. The second kappa shape index (κ2) is 7.34. The van der Waals surface area contributed by atoms with Crippen molar-refractivity contribution in [1.29, 1.82) is 0 Å². The molecular formula is C15H24N2O2. The second-order valence-corrected chi connectivity index (χ2v) is 5.43. The normalized spacial score (nSPS) is 17.7. The molecule has 1 saturated carbocycles. The Labute approximate surface area is 114 Å². The quantitative estimate of drug-likeness (QED) is 0.878. The number of rotatable bonds is 4. The molecule has 1 aromatic rings. The third-order valence-electron chi connectivity index (χ3n) is 3.89. The second-order valence-electron chi connectivity index (χ2n) is 5.43. The van der Waals surface area contributed by atoms with E-state index in [2.05, 4.69) is 5.32 Å². The van der Waals surface area contributed by atoms with Gasteiger partial charge in [-0.3, -0.25) is 4.79 Å². The van der Waals surface area contributed by atoms with Crippen molar-refractivity contribution in [2.75, 3.05) is 6.54 Å². The van der Waals surface area contributed by atoms with Crippen LogP contribution in [0.1, 0.15) is 61.1 Å². The van der Waals surface area contributed by atoms with Gasteiger partial charge in [-0.2, -0.15) is 0 Å². The van der Waals surface area contributed by atoms with Crippen LogP contribution in [0.4, 0.5) is 0 Å². The van der Waals surface area contributed by atoms with Gasteiger partial charge < -0.3 is 15.5 Å². The fourth-order valence-corrected chi connectivity index (χ4v) is 2.69. The van der Waals surface area contributed by atoms with Gasteiger partial charge in [0, 0.05) is 6.54 Å². The van der Waals surface area contributed by atoms with E-state index in [0.717, 1.165) is 6.54 Å². The minimum absolute atomic E-state index is 0.0505. The predicted octanol–water partition coefficient (Wildman–Crippen LogP) is 2.83. The first-order valence-corrected chi connectivity index (χ1v) is 7.35. The molecule has 1 aliphatic carbocycles. The number of hydrogen-bond acceptors (Lipinski definition) is 3. The van der Waals surface area contributed by atoms with Crippen molar-refractivity contribution in [2.45, 2.75) is 51.5 Å². The maximum absolute atomic E-state index is 12.0. The van der Waals surface area contributed by atoms with Crippen molar-refractivity contribution < 1.29 is 9.21 Å². The molecule has 4 nitrogen and oxygen atoms in total. The molecular weight excluding hydrogens is 240 g/mol. The largest absolute Gasteiger partial charge is 0.467 e. The third-order valence-corrected chi connectivity index (χ3v) is 3.89. The molecule has 0 spiro atoms. The summed E-state index contributed by atoms with van der Waals surface area (Å²) in [5, 5.41) is 3.01. The summed E-state index contributed by atoms with van der Waals surface area (Å²) >= 11 is 0. The molecule has 1 fully saturated rings. The third kappa shape index (κ3) is 4.39. The monoisotopic (exact) mass is 264 g/mol. The summed E-state index contributed by atoms with van der Waals surface area (Å²) in [6.07, 6.45) is 10.6. The number of hydrogen-bond donors (Lipinski definition) is 2. The van der Waals surface area contributed by atoms with Gasteiger partial charge in [0.05, 0.1) is 12.1 Å². The van der Waals surface area contributed by atoms with Crippen LogP contribution in [0.2, 0.25) is 0 Å². The van der Waals surface area contributed by atoms with Crippen molar-refractivity contribution in [3.63, 3.8) is 0 Å². The zero-order valence-electron chi connectivity index (χ0n) is 11.5. The molecule has 106 valence electrons. The highest BCUT2D eigenvalue weighted by Gasteiger charge is 2.14. The highest BCUT2D eigenvalue weighted by Crippen LogP contribution is 2.21. The Morgan fingerprint density at radius 1 is 1.26 bits per heavy atom. The van der Waals surface area contributed by atoms with Crippen molar-refractivity contribution in [3.05, 3.63) is 23.7 Å². The Balaban J connectivity index is 1.78. The molecule has 1 aromatic heterocycles. The van der Waals surface area contributed by atoms with Crippen LogP contribution >= 0.6 is 0 Å². The van der Waals surface area contributed by atoms with Gasteiger partial charge in [-0.15, -0.1) is 0 Å². The summed E-state index contributed by atoms with van der Waals surface area (Å²) in [5.74, 6) is 1.23. The molecule has 0 radical (unpaired) electrons. The zero-order valence-corrected chi connectivity index (χ0v) is 11.5. The Bertz CT molecular complexity index is 393. The van der Waals surface area contributed by atoms with Crippen LogP contribution in [-0.2, 0) is 6.54 Å². The summed E-state index contributed by atoms with van der Waals surface area (Å²) in [7, 11) is 0. The highest BCUT2D eigenvalue weighted by atomic mass is 16.3. The van der Waals surface area contributed by atoms with Crippen LogP contribution in [-0.4, -0.2) is 12.5 Å². The molecule has 0 bridgehead atoms. The van der Waals surface area contributed by atoms with Crippen LogP contribution < -0.4 is 11.1 Å². The minimum atomic E-state index is -0.0505. The van der Waals surface area contributed by atoms with Crippen LogP contribution in [0.3, 0.4) is 0 Å². The zero-order chi connectivity index (χ0) is 13.5. The van der Waals surface area contributed by atoms with E-state index in [1.165, 1.54) is 51.2 Å². The van der Waals surface area contributed by atoms with Gasteiger partial charge in [-0.05, 0) is 24.8 Å². The number of furan rings is 1. The SMILES string of the molecule is NCc1cc(C(=O)NCC2CCCCCCC2)co1. The van der Waals surface area contributed by atoms with E-state index in [1.807, 2.05) is 0 Å². The Hall–Kier alpha value is -1.29. The van der Waals surface area contributed by atoms with E-state index in [0.29, 0.717) is 23.8 Å². The average molecular weight is 264 g/mol. The number of nitrogens with one attached hydrogen (secondary N) is 1. The summed E-state index contributed by atoms with van der Waals surface area (Å²) in [6, 6.07) is 1.72. The molecule has 1 aliphatic rings. The Kier molecular flexibility index (Phi) is 5.45. The lowest BCUT2D eigenvalue weighted by Gasteiger charge is -2.19. The molecule has 1 amide bonds. The maximum atomic E-state index is 12.0. The van der Waals surface area contributed by atoms with Gasteiger partial charge in [0.25, 0.3) is 5.91 Å². The van der Waals surface area contributed by atoms with Gasteiger partial charge >= 0.3 is 0 Å². The van der Waals surface area contributed by atoms with Crippen molar-refractivity contribution >= 4 is 5.91 Å². The Morgan fingerprint density at radius 2 is 1.95 bits per heavy atom. The molecule has 0 saturated heterocycles. The van der Waals surface area contributed by atoms with Crippen LogP contribution in [0.5, 0.6) is 0 Å². The predicted molar refractivity (Wildman–Crippen MR) is 74.7 cm³/mol. The molecule has 0 unspecified atom stereocenters. The number of amides is 1. The summed E-state index contributed by atoms with van der Waals surface area (Å²) in [6.45, 7) is 1.11. The van der Waals surface area contributed by atoms with Crippen LogP contribution in [0, 0.1) is 5.92 Å². The molecule has 19 heavy (non-hydrogen) atoms. The van der Waals surface area contributed by atoms with Gasteiger partial charge in [0.1, 0.15) is 12.0 Å². The first kappa shape index (κ1) is 14.1. The number of carbonyl (C=O) groups is 1. The van der Waals surface area contributed by atoms with Crippen molar-refractivity contribution in [3.8, 4) is 0 Å². The lowest BCUT2D eigenvalue weighted by atomic mass is 9.91. The van der Waals surface area contributed by atoms with Gasteiger partial charge in [0.2, 0.25) is 0 Å². The van der Waals surface area contributed by atoms with Crippen LogP contribution in [0.25, 0.3) is 0 Å². The highest BCUT2D eigenvalue weighted by molar-refractivity contribution is 5.93. The van der Waals surface area contributed by atoms with Crippen LogP contribution in [0.15, 0.2) is 16.7 Å². The first-order valence-electron chi connectivity index (χ1n) is 7.35. The van der Waals surface area contributed by atoms with E-state index in [9.17, 15) is 4.79 Å². The smallest absolute Gasteiger partial charge is 0.254 e. The summed E-state index contributed by atoms with van der Waals surface area (Å²) in [4.78, 5) is 12.0. The van der Waals surface area contributed by atoms with Gasteiger partial charge in [-0.25, -0.2) is 0 Å². The molecule has 3 N–H and O–H groups in total. The summed E-state index contributed by atoms with van der Waals surface area (Å²) in [5.41, 5.74) is 6.04. The van der Waals surface area contributed by atoms with E-state index in [1.54, 1.807) is 6.07 Å². The molecule has 0 atom stereocenters. The van der Waals surface area contributed by atoms with Crippen molar-refractivity contribution in [1.82, 2.24) is 5.32 Å².